The Kier molecular flexibility index (Phi) is 14.6. The van der Waals surface area contributed by atoms with Crippen molar-refractivity contribution in [3.63, 3.8) is 0 Å². The molecule has 4 rings (SSSR count). The highest BCUT2D eigenvalue weighted by molar-refractivity contribution is 7.91. The minimum Gasteiger partial charge on any atom is -0.501 e. The van der Waals surface area contributed by atoms with Crippen LogP contribution in [-0.4, -0.2) is 71.3 Å². The zero-order valence-corrected chi connectivity index (χ0v) is 31.8. The molecule has 0 bridgehead atoms. The van der Waals surface area contributed by atoms with E-state index in [0.29, 0.717) is 6.61 Å². The van der Waals surface area contributed by atoms with Gasteiger partial charge < -0.3 is 14.2 Å². The lowest BCUT2D eigenvalue weighted by Gasteiger charge is -2.15. The van der Waals surface area contributed by atoms with E-state index in [2.05, 4.69) is 0 Å². The molecule has 274 valence electrons. The minimum atomic E-state index is -3.60. The number of Topliss-reactive ketones (excluding diaryl/α,β-unsaturated/α-hetero) is 4. The van der Waals surface area contributed by atoms with Crippen molar-refractivity contribution in [3.8, 4) is 11.5 Å². The van der Waals surface area contributed by atoms with E-state index in [0.717, 1.165) is 31.9 Å². The summed E-state index contributed by atoms with van der Waals surface area (Å²) < 4.78 is 64.8. The van der Waals surface area contributed by atoms with E-state index < -0.39 is 31.2 Å². The first-order valence-corrected chi connectivity index (χ1v) is 20.5. The lowest BCUT2D eigenvalue weighted by Crippen LogP contribution is -2.17. The maximum absolute atomic E-state index is 13.0. The summed E-state index contributed by atoms with van der Waals surface area (Å²) in [5, 5.41) is -0.169. The van der Waals surface area contributed by atoms with Crippen molar-refractivity contribution < 1.29 is 50.2 Å². The summed E-state index contributed by atoms with van der Waals surface area (Å²) in [6.45, 7) is 8.84. The Balaban J connectivity index is 0.000000274. The second-order valence-corrected chi connectivity index (χ2v) is 16.7. The van der Waals surface area contributed by atoms with Crippen molar-refractivity contribution in [2.45, 2.75) is 76.5 Å². The lowest BCUT2D eigenvalue weighted by atomic mass is 9.98. The maximum Gasteiger partial charge on any atom is 0.201 e. The van der Waals surface area contributed by atoms with Crippen LogP contribution in [0.1, 0.15) is 87.4 Å². The van der Waals surface area contributed by atoms with Crippen molar-refractivity contribution in [3.05, 3.63) is 57.3 Å². The third-order valence-electron chi connectivity index (χ3n) is 7.87. The molecule has 0 N–H and O–H groups in total. The summed E-state index contributed by atoms with van der Waals surface area (Å²) in [5.41, 5.74) is 0.0455. The van der Waals surface area contributed by atoms with Gasteiger partial charge in [-0.2, -0.15) is 0 Å². The monoisotopic (exact) mass is 772 g/mol. The fourth-order valence-corrected chi connectivity index (χ4v) is 7.53. The topological polar surface area (TPSA) is 164 Å². The van der Waals surface area contributed by atoms with Gasteiger partial charge in [0.25, 0.3) is 0 Å². The highest BCUT2D eigenvalue weighted by Gasteiger charge is 2.37. The first kappa shape index (κ1) is 41.2. The van der Waals surface area contributed by atoms with Crippen LogP contribution in [0.2, 0.25) is 10.0 Å². The van der Waals surface area contributed by atoms with Crippen LogP contribution < -0.4 is 9.47 Å². The fourth-order valence-electron chi connectivity index (χ4n) is 4.73. The number of ether oxygens (including phenoxy) is 3. The molecule has 0 aliphatic heterocycles. The van der Waals surface area contributed by atoms with Gasteiger partial charge in [0.15, 0.2) is 42.7 Å². The van der Waals surface area contributed by atoms with Gasteiger partial charge >= 0.3 is 0 Å². The molecule has 0 atom stereocenters. The molecule has 50 heavy (non-hydrogen) atoms. The maximum atomic E-state index is 13.0. The Labute approximate surface area is 303 Å². The smallest absolute Gasteiger partial charge is 0.201 e. The summed E-state index contributed by atoms with van der Waals surface area (Å²) in [7, 11) is -7.13. The summed E-state index contributed by atoms with van der Waals surface area (Å²) in [6.07, 6.45) is 4.09. The van der Waals surface area contributed by atoms with Crippen molar-refractivity contribution in [1.29, 1.82) is 0 Å². The summed E-state index contributed by atoms with van der Waals surface area (Å²) in [4.78, 5) is 49.4. The molecule has 15 heteroatoms. The molecule has 2 aliphatic rings. The fraction of sp³-hybridized carbons (Fsp3) is 0.486. The molecule has 0 amide bonds. The van der Waals surface area contributed by atoms with Crippen LogP contribution >= 0.6 is 23.2 Å². The standard InChI is InChI=1S/C19H23ClO6S.C16H19ClO5S/c1-4-25-11-14(17(21)12-7-8-12)18(22)13-9-10-15(27(23,24)6-3)19(16(13)20)26-5-2;1-3-22-16-14(23(20,21)4-2)8-7-11(15(16)17)13(19)9-12(18)10-5-6-10/h9-12H,4-8H2,1-3H3;7-8,10H,3-6,9H2,1-2H3. The first-order valence-electron chi connectivity index (χ1n) is 16.4. The average molecular weight is 774 g/mol. The number of hydrogen-bond donors (Lipinski definition) is 0. The third-order valence-corrected chi connectivity index (χ3v) is 12.1. The zero-order valence-electron chi connectivity index (χ0n) is 28.7. The lowest BCUT2D eigenvalue weighted by molar-refractivity contribution is -0.119. The Hall–Kier alpha value is -3.26. The Morgan fingerprint density at radius 1 is 0.700 bits per heavy atom. The highest BCUT2D eigenvalue weighted by atomic mass is 35.5. The van der Waals surface area contributed by atoms with Gasteiger partial charge in [-0.15, -0.1) is 0 Å². The first-order chi connectivity index (χ1) is 23.6. The van der Waals surface area contributed by atoms with Gasteiger partial charge in [0, 0.05) is 23.0 Å². The van der Waals surface area contributed by atoms with E-state index in [9.17, 15) is 36.0 Å². The van der Waals surface area contributed by atoms with Crippen LogP contribution in [0.4, 0.5) is 0 Å². The number of carbonyl (C=O) groups is 4. The highest BCUT2D eigenvalue weighted by Crippen LogP contribution is 2.39. The second kappa shape index (κ2) is 17.8. The molecule has 2 saturated carbocycles. The summed E-state index contributed by atoms with van der Waals surface area (Å²) >= 11 is 12.5. The van der Waals surface area contributed by atoms with Gasteiger partial charge in [-0.05, 0) is 70.7 Å². The predicted octanol–water partition coefficient (Wildman–Crippen LogP) is 6.70. The van der Waals surface area contributed by atoms with Gasteiger partial charge in [0.05, 0.1) is 54.1 Å². The Morgan fingerprint density at radius 3 is 1.58 bits per heavy atom. The number of ketones is 4. The van der Waals surface area contributed by atoms with E-state index in [1.54, 1.807) is 20.8 Å². The quantitative estimate of drug-likeness (QED) is 0.0521. The van der Waals surface area contributed by atoms with Gasteiger partial charge in [-0.25, -0.2) is 16.8 Å². The van der Waals surface area contributed by atoms with Crippen molar-refractivity contribution in [1.82, 2.24) is 0 Å². The number of carbonyl (C=O) groups excluding carboxylic acids is 4. The van der Waals surface area contributed by atoms with E-state index >= 15 is 0 Å². The van der Waals surface area contributed by atoms with Crippen molar-refractivity contribution >= 4 is 66.0 Å². The van der Waals surface area contributed by atoms with Crippen LogP contribution in [0.3, 0.4) is 0 Å². The van der Waals surface area contributed by atoms with Crippen molar-refractivity contribution in [2.75, 3.05) is 31.3 Å². The average Bonchev–Trinajstić information content (AvgIpc) is 4.00. The van der Waals surface area contributed by atoms with Crippen LogP contribution in [0.15, 0.2) is 45.9 Å². The molecular weight excluding hydrogens is 731 g/mol. The number of sulfone groups is 2. The van der Waals surface area contributed by atoms with Crippen LogP contribution in [0, 0.1) is 11.8 Å². The molecule has 0 unspecified atom stereocenters. The number of halogens is 2. The van der Waals surface area contributed by atoms with Gasteiger partial charge in [0.2, 0.25) is 5.78 Å². The molecule has 0 heterocycles. The molecule has 11 nitrogen and oxygen atoms in total. The van der Waals surface area contributed by atoms with Gasteiger partial charge in [-0.1, -0.05) is 37.0 Å². The number of rotatable bonds is 18. The zero-order chi connectivity index (χ0) is 37.4. The van der Waals surface area contributed by atoms with Crippen LogP contribution in [0.25, 0.3) is 0 Å². The van der Waals surface area contributed by atoms with E-state index in [-0.39, 0.29) is 103 Å². The second-order valence-electron chi connectivity index (χ2n) is 11.5. The summed E-state index contributed by atoms with van der Waals surface area (Å²) in [5.74, 6) is -1.89. The number of hydrogen-bond acceptors (Lipinski definition) is 11. The molecule has 0 aromatic heterocycles. The molecule has 2 aromatic rings. The molecule has 2 aromatic carbocycles. The largest absolute Gasteiger partial charge is 0.501 e. The molecule has 0 radical (unpaired) electrons. The molecule has 2 aliphatic carbocycles. The number of benzene rings is 2. The third kappa shape index (κ3) is 9.95. The summed E-state index contributed by atoms with van der Waals surface area (Å²) in [6, 6.07) is 5.29. The van der Waals surface area contributed by atoms with E-state index in [4.69, 9.17) is 37.4 Å². The van der Waals surface area contributed by atoms with E-state index in [1.165, 1.54) is 38.1 Å². The van der Waals surface area contributed by atoms with Crippen LogP contribution in [-0.2, 0) is 34.0 Å². The molecule has 2 fully saturated rings. The Morgan fingerprint density at radius 2 is 1.16 bits per heavy atom. The van der Waals surface area contributed by atoms with Crippen molar-refractivity contribution in [2.24, 2.45) is 11.8 Å². The normalized spacial score (nSPS) is 14.7. The molecule has 0 spiro atoms. The predicted molar refractivity (Wildman–Crippen MR) is 189 cm³/mol. The van der Waals surface area contributed by atoms with Gasteiger partial charge in [-0.3, -0.25) is 19.2 Å². The van der Waals surface area contributed by atoms with Gasteiger partial charge in [0.1, 0.15) is 21.1 Å². The SMILES string of the molecule is CCOC=C(C(=O)c1ccc(S(=O)(=O)CC)c(OCC)c1Cl)C(=O)C1CC1.CCOc1c(S(=O)(=O)CC)ccc(C(=O)CC(=O)C2CC2)c1Cl. The Bertz CT molecular complexity index is 1880. The van der Waals surface area contributed by atoms with Crippen LogP contribution in [0.5, 0.6) is 11.5 Å². The molecular formula is C35H42Cl2O11S2. The molecule has 0 saturated heterocycles. The number of allylic oxidation sites excluding steroid dienone is 1. The van der Waals surface area contributed by atoms with E-state index in [1.807, 2.05) is 0 Å². The minimum absolute atomic E-state index is 0.00937.